The van der Waals surface area contributed by atoms with Crippen molar-refractivity contribution >= 4 is 16.9 Å². The predicted octanol–water partition coefficient (Wildman–Crippen LogP) is 4.25. The fourth-order valence-corrected chi connectivity index (χ4v) is 4.94. The molecule has 2 N–H and O–H groups in total. The van der Waals surface area contributed by atoms with Crippen molar-refractivity contribution in [2.75, 3.05) is 0 Å². The molecule has 1 amide bonds. The van der Waals surface area contributed by atoms with E-state index in [-0.39, 0.29) is 23.7 Å². The lowest BCUT2D eigenvalue weighted by molar-refractivity contribution is 0.0933. The highest BCUT2D eigenvalue weighted by atomic mass is 16.2. The number of aromatic amines is 1. The van der Waals surface area contributed by atoms with E-state index in [4.69, 9.17) is 0 Å². The van der Waals surface area contributed by atoms with Crippen molar-refractivity contribution in [3.63, 3.8) is 0 Å². The number of aryl methyl sites for hydroxylation is 1. The number of aromatic nitrogens is 2. The quantitative estimate of drug-likeness (QED) is 0.719. The van der Waals surface area contributed by atoms with Crippen LogP contribution < -0.4 is 11.0 Å². The molecule has 5 nitrogen and oxygen atoms in total. The number of nitrogens with one attached hydrogen (secondary N) is 2. The van der Waals surface area contributed by atoms with Crippen molar-refractivity contribution in [3.05, 3.63) is 69.6 Å². The van der Waals surface area contributed by atoms with Gasteiger partial charge in [0, 0.05) is 11.6 Å². The Balaban J connectivity index is 1.42. The fourth-order valence-electron chi connectivity index (χ4n) is 4.94. The zero-order chi connectivity index (χ0) is 19.1. The van der Waals surface area contributed by atoms with Crippen LogP contribution in [0.5, 0.6) is 0 Å². The molecule has 1 fully saturated rings. The monoisotopic (exact) mass is 375 g/mol. The lowest BCUT2D eigenvalue weighted by Crippen LogP contribution is -2.30. The molecule has 1 aromatic heterocycles. The van der Waals surface area contributed by atoms with Crippen LogP contribution in [0.15, 0.2) is 47.3 Å². The van der Waals surface area contributed by atoms with Gasteiger partial charge in [-0.25, -0.2) is 4.79 Å². The lowest BCUT2D eigenvalue weighted by atomic mass is 9.87. The third-order valence-electron chi connectivity index (χ3n) is 6.34. The number of amides is 1. The molecule has 1 heterocycles. The average molecular weight is 375 g/mol. The van der Waals surface area contributed by atoms with Crippen LogP contribution in [-0.2, 0) is 6.42 Å². The topological polar surface area (TPSA) is 66.9 Å². The summed E-state index contributed by atoms with van der Waals surface area (Å²) >= 11 is 0. The Morgan fingerprint density at radius 2 is 1.86 bits per heavy atom. The second-order valence-corrected chi connectivity index (χ2v) is 8.09. The zero-order valence-electron chi connectivity index (χ0n) is 15.9. The minimum absolute atomic E-state index is 0.0512. The average Bonchev–Trinajstić information content (AvgIpc) is 3.34. The van der Waals surface area contributed by atoms with Gasteiger partial charge in [0.25, 0.3) is 5.91 Å². The van der Waals surface area contributed by atoms with Crippen LogP contribution in [0, 0.1) is 0 Å². The molecule has 28 heavy (non-hydrogen) atoms. The molecule has 0 saturated heterocycles. The number of nitrogens with zero attached hydrogens (tertiary/aromatic N) is 1. The molecule has 0 unspecified atom stereocenters. The van der Waals surface area contributed by atoms with E-state index >= 15 is 0 Å². The third kappa shape index (κ3) is 2.95. The van der Waals surface area contributed by atoms with E-state index in [1.165, 1.54) is 24.0 Å². The number of carbonyl (C=O) groups is 1. The van der Waals surface area contributed by atoms with E-state index in [2.05, 4.69) is 28.5 Å². The van der Waals surface area contributed by atoms with E-state index in [0.717, 1.165) is 43.1 Å². The minimum Gasteiger partial charge on any atom is -0.345 e. The van der Waals surface area contributed by atoms with Crippen molar-refractivity contribution in [2.24, 2.45) is 0 Å². The van der Waals surface area contributed by atoms with Gasteiger partial charge in [0.05, 0.1) is 17.1 Å². The van der Waals surface area contributed by atoms with Crippen LogP contribution >= 0.6 is 0 Å². The summed E-state index contributed by atoms with van der Waals surface area (Å²) in [4.78, 5) is 28.3. The van der Waals surface area contributed by atoms with Gasteiger partial charge in [0.15, 0.2) is 0 Å². The molecular weight excluding hydrogens is 350 g/mol. The summed E-state index contributed by atoms with van der Waals surface area (Å²) < 4.78 is 1.88. The van der Waals surface area contributed by atoms with Crippen molar-refractivity contribution in [3.8, 4) is 0 Å². The van der Waals surface area contributed by atoms with Gasteiger partial charge in [0.1, 0.15) is 0 Å². The maximum absolute atomic E-state index is 12.9. The minimum atomic E-state index is -0.0851. The van der Waals surface area contributed by atoms with Gasteiger partial charge in [-0.3, -0.25) is 9.36 Å². The van der Waals surface area contributed by atoms with Crippen LogP contribution in [0.25, 0.3) is 11.0 Å². The Labute approximate surface area is 163 Å². The number of carbonyl (C=O) groups excluding carboxylic acids is 1. The summed E-state index contributed by atoms with van der Waals surface area (Å²) in [6.07, 6.45) is 7.56. The molecule has 0 spiro atoms. The van der Waals surface area contributed by atoms with E-state index in [1.807, 2.05) is 28.8 Å². The summed E-state index contributed by atoms with van der Waals surface area (Å²) in [5, 5.41) is 3.19. The Morgan fingerprint density at radius 3 is 2.71 bits per heavy atom. The second kappa shape index (κ2) is 6.97. The number of hydrogen-bond donors (Lipinski definition) is 2. The lowest BCUT2D eigenvalue weighted by Gasteiger charge is -2.26. The van der Waals surface area contributed by atoms with Gasteiger partial charge in [-0.15, -0.1) is 0 Å². The summed E-state index contributed by atoms with van der Waals surface area (Å²) in [5.41, 5.74) is 4.72. The van der Waals surface area contributed by atoms with Gasteiger partial charge in [0.2, 0.25) is 0 Å². The highest BCUT2D eigenvalue weighted by molar-refractivity contribution is 5.97. The first kappa shape index (κ1) is 17.3. The summed E-state index contributed by atoms with van der Waals surface area (Å²) in [7, 11) is 0. The van der Waals surface area contributed by atoms with E-state index < -0.39 is 0 Å². The van der Waals surface area contributed by atoms with Crippen LogP contribution in [0.2, 0.25) is 0 Å². The number of hydrogen-bond acceptors (Lipinski definition) is 2. The normalized spacial score (nSPS) is 19.6. The van der Waals surface area contributed by atoms with Crippen molar-refractivity contribution < 1.29 is 4.79 Å². The number of benzene rings is 2. The zero-order valence-corrected chi connectivity index (χ0v) is 15.9. The molecule has 0 radical (unpaired) electrons. The molecule has 0 bridgehead atoms. The standard InChI is InChI=1S/C23H25N3O2/c27-22(24-19-11-5-7-15-6-1-4-10-18(15)19)16-12-13-21-20(14-16)25-23(28)26(21)17-8-2-3-9-17/h1,4,6,10,12-14,17,19H,2-3,5,7-9,11H2,(H,24,27)(H,25,28)/t19-/m0/s1. The molecule has 1 saturated carbocycles. The number of rotatable bonds is 3. The molecule has 144 valence electrons. The molecule has 3 aromatic rings. The molecule has 2 aromatic carbocycles. The molecular formula is C23H25N3O2. The molecule has 5 heteroatoms. The fraction of sp³-hybridized carbons (Fsp3) is 0.391. The summed E-state index contributed by atoms with van der Waals surface area (Å²) in [6, 6.07) is 14.2. The first-order chi connectivity index (χ1) is 13.7. The summed E-state index contributed by atoms with van der Waals surface area (Å²) in [6.45, 7) is 0. The second-order valence-electron chi connectivity index (χ2n) is 8.09. The van der Waals surface area contributed by atoms with Crippen LogP contribution in [-0.4, -0.2) is 15.5 Å². The van der Waals surface area contributed by atoms with Gasteiger partial charge in [-0.05, 0) is 61.4 Å². The smallest absolute Gasteiger partial charge is 0.326 e. The molecule has 0 aliphatic heterocycles. The molecule has 5 rings (SSSR count). The first-order valence-corrected chi connectivity index (χ1v) is 10.3. The highest BCUT2D eigenvalue weighted by Gasteiger charge is 2.24. The van der Waals surface area contributed by atoms with Crippen LogP contribution in [0.4, 0.5) is 0 Å². The maximum Gasteiger partial charge on any atom is 0.326 e. The first-order valence-electron chi connectivity index (χ1n) is 10.3. The van der Waals surface area contributed by atoms with E-state index in [1.54, 1.807) is 0 Å². The Hall–Kier alpha value is -2.82. The van der Waals surface area contributed by atoms with Crippen molar-refractivity contribution in [1.29, 1.82) is 0 Å². The van der Waals surface area contributed by atoms with Gasteiger partial charge >= 0.3 is 5.69 Å². The Morgan fingerprint density at radius 1 is 1.04 bits per heavy atom. The van der Waals surface area contributed by atoms with Crippen molar-refractivity contribution in [1.82, 2.24) is 14.9 Å². The number of H-pyrrole nitrogens is 1. The van der Waals surface area contributed by atoms with E-state index in [0.29, 0.717) is 5.56 Å². The molecule has 2 aliphatic carbocycles. The Bertz CT molecular complexity index is 1090. The van der Waals surface area contributed by atoms with Crippen LogP contribution in [0.3, 0.4) is 0 Å². The van der Waals surface area contributed by atoms with Gasteiger partial charge < -0.3 is 10.3 Å². The van der Waals surface area contributed by atoms with Crippen molar-refractivity contribution in [2.45, 2.75) is 57.0 Å². The maximum atomic E-state index is 12.9. The molecule has 2 aliphatic rings. The number of fused-ring (bicyclic) bond motifs is 2. The third-order valence-corrected chi connectivity index (χ3v) is 6.34. The van der Waals surface area contributed by atoms with Gasteiger partial charge in [-0.1, -0.05) is 37.1 Å². The van der Waals surface area contributed by atoms with E-state index in [9.17, 15) is 9.59 Å². The Kier molecular flexibility index (Phi) is 4.30. The SMILES string of the molecule is O=C(N[C@H]1CCCc2ccccc21)c1ccc2c(c1)[nH]c(=O)n2C1CCCC1. The highest BCUT2D eigenvalue weighted by Crippen LogP contribution is 2.32. The largest absolute Gasteiger partial charge is 0.345 e. The molecule has 1 atom stereocenters. The van der Waals surface area contributed by atoms with Gasteiger partial charge in [-0.2, -0.15) is 0 Å². The summed E-state index contributed by atoms with van der Waals surface area (Å²) in [5.74, 6) is -0.0851. The van der Waals surface area contributed by atoms with Crippen LogP contribution in [0.1, 0.15) is 72.1 Å². The number of imidazole rings is 1. The predicted molar refractivity (Wildman–Crippen MR) is 110 cm³/mol.